The number of unbranched alkanes of at least 4 members (excludes halogenated alkanes) is 9. The molecule has 21 heavy (non-hydrogen) atoms. The SMILES string of the molecule is CCCCCCCCCCCCNC(C)C(=O)NC1CC1. The first-order chi connectivity index (χ1) is 10.2. The molecule has 1 atom stereocenters. The highest BCUT2D eigenvalue weighted by molar-refractivity contribution is 5.81. The first kappa shape index (κ1) is 18.5. The molecule has 0 radical (unpaired) electrons. The Balaban J connectivity index is 1.78. The molecule has 3 heteroatoms. The summed E-state index contributed by atoms with van der Waals surface area (Å²) < 4.78 is 0. The second-order valence-electron chi connectivity index (χ2n) is 6.64. The molecule has 1 unspecified atom stereocenters. The third kappa shape index (κ3) is 10.8. The summed E-state index contributed by atoms with van der Waals surface area (Å²) in [6, 6.07) is 0.434. The summed E-state index contributed by atoms with van der Waals surface area (Å²) in [5.74, 6) is 0.171. The van der Waals surface area contributed by atoms with Crippen LogP contribution in [0.3, 0.4) is 0 Å². The van der Waals surface area contributed by atoms with Crippen molar-refractivity contribution in [3.05, 3.63) is 0 Å². The molecule has 2 N–H and O–H groups in total. The molecule has 0 aliphatic heterocycles. The van der Waals surface area contributed by atoms with E-state index in [9.17, 15) is 4.79 Å². The van der Waals surface area contributed by atoms with Crippen LogP contribution in [0.15, 0.2) is 0 Å². The highest BCUT2D eigenvalue weighted by Gasteiger charge is 2.25. The Labute approximate surface area is 131 Å². The fraction of sp³-hybridized carbons (Fsp3) is 0.944. The molecule has 0 aromatic rings. The molecule has 0 aromatic heterocycles. The van der Waals surface area contributed by atoms with Crippen LogP contribution < -0.4 is 10.6 Å². The summed E-state index contributed by atoms with van der Waals surface area (Å²) in [7, 11) is 0. The van der Waals surface area contributed by atoms with Gasteiger partial charge >= 0.3 is 0 Å². The summed E-state index contributed by atoms with van der Waals surface area (Å²) in [4.78, 5) is 11.7. The Morgan fingerprint density at radius 1 is 0.952 bits per heavy atom. The van der Waals surface area contributed by atoms with Crippen molar-refractivity contribution in [3.63, 3.8) is 0 Å². The molecule has 1 amide bonds. The average molecular weight is 296 g/mol. The molecule has 1 rings (SSSR count). The number of nitrogens with one attached hydrogen (secondary N) is 2. The number of hydrogen-bond donors (Lipinski definition) is 2. The van der Waals surface area contributed by atoms with Crippen molar-refractivity contribution in [2.45, 2.75) is 103 Å². The zero-order chi connectivity index (χ0) is 15.3. The maximum absolute atomic E-state index is 11.7. The van der Waals surface area contributed by atoms with Gasteiger partial charge < -0.3 is 10.6 Å². The van der Waals surface area contributed by atoms with E-state index in [0.29, 0.717) is 6.04 Å². The molecule has 1 aliphatic rings. The summed E-state index contributed by atoms with van der Waals surface area (Å²) >= 11 is 0. The van der Waals surface area contributed by atoms with Crippen molar-refractivity contribution in [1.29, 1.82) is 0 Å². The lowest BCUT2D eigenvalue weighted by Crippen LogP contribution is -2.43. The minimum absolute atomic E-state index is 0.0378. The van der Waals surface area contributed by atoms with Crippen molar-refractivity contribution in [1.82, 2.24) is 10.6 Å². The Morgan fingerprint density at radius 3 is 2.00 bits per heavy atom. The monoisotopic (exact) mass is 296 g/mol. The molecule has 3 nitrogen and oxygen atoms in total. The number of carbonyl (C=O) groups excluding carboxylic acids is 1. The smallest absolute Gasteiger partial charge is 0.237 e. The van der Waals surface area contributed by atoms with Gasteiger partial charge in [0.25, 0.3) is 0 Å². The molecule has 0 aromatic carbocycles. The maximum atomic E-state index is 11.7. The predicted molar refractivity (Wildman–Crippen MR) is 90.5 cm³/mol. The first-order valence-electron chi connectivity index (χ1n) is 9.27. The van der Waals surface area contributed by atoms with Gasteiger partial charge in [-0.15, -0.1) is 0 Å². The molecule has 1 fully saturated rings. The van der Waals surface area contributed by atoms with Gasteiger partial charge in [0.05, 0.1) is 6.04 Å². The van der Waals surface area contributed by atoms with Crippen LogP contribution in [0.4, 0.5) is 0 Å². The zero-order valence-corrected chi connectivity index (χ0v) is 14.3. The summed E-state index contributed by atoms with van der Waals surface area (Å²) in [6.45, 7) is 5.20. The quantitative estimate of drug-likeness (QED) is 0.472. The van der Waals surface area contributed by atoms with E-state index < -0.39 is 0 Å². The third-order valence-electron chi connectivity index (χ3n) is 4.30. The van der Waals surface area contributed by atoms with Crippen LogP contribution in [0.2, 0.25) is 0 Å². The van der Waals surface area contributed by atoms with Crippen molar-refractivity contribution < 1.29 is 4.79 Å². The van der Waals surface area contributed by atoms with E-state index in [1.807, 2.05) is 6.92 Å². The third-order valence-corrected chi connectivity index (χ3v) is 4.30. The molecular formula is C18H36N2O. The van der Waals surface area contributed by atoms with Crippen molar-refractivity contribution >= 4 is 5.91 Å². The van der Waals surface area contributed by atoms with Gasteiger partial charge in [0.2, 0.25) is 5.91 Å². The van der Waals surface area contributed by atoms with Gasteiger partial charge in [-0.2, -0.15) is 0 Å². The fourth-order valence-corrected chi connectivity index (χ4v) is 2.58. The maximum Gasteiger partial charge on any atom is 0.237 e. The highest BCUT2D eigenvalue weighted by atomic mass is 16.2. The van der Waals surface area contributed by atoms with Crippen LogP contribution in [-0.2, 0) is 4.79 Å². The van der Waals surface area contributed by atoms with Crippen molar-refractivity contribution in [3.8, 4) is 0 Å². The standard InChI is InChI=1S/C18H36N2O/c1-3-4-5-6-7-8-9-10-11-12-15-19-16(2)18(21)20-17-13-14-17/h16-17,19H,3-15H2,1-2H3,(H,20,21). The normalized spacial score (nSPS) is 15.9. The van der Waals surface area contributed by atoms with Gasteiger partial charge in [0.1, 0.15) is 0 Å². The molecule has 0 heterocycles. The number of amides is 1. The highest BCUT2D eigenvalue weighted by Crippen LogP contribution is 2.18. The van der Waals surface area contributed by atoms with Gasteiger partial charge in [-0.25, -0.2) is 0 Å². The van der Waals surface area contributed by atoms with Gasteiger partial charge in [-0.05, 0) is 32.7 Å². The lowest BCUT2D eigenvalue weighted by molar-refractivity contribution is -0.122. The summed E-state index contributed by atoms with van der Waals surface area (Å²) in [6.07, 6.45) is 15.9. The van der Waals surface area contributed by atoms with Crippen LogP contribution in [-0.4, -0.2) is 24.5 Å². The van der Waals surface area contributed by atoms with Crippen LogP contribution in [0.5, 0.6) is 0 Å². The van der Waals surface area contributed by atoms with Crippen molar-refractivity contribution in [2.75, 3.05) is 6.54 Å². The van der Waals surface area contributed by atoms with Gasteiger partial charge in [-0.3, -0.25) is 4.79 Å². The van der Waals surface area contributed by atoms with E-state index in [1.165, 1.54) is 64.2 Å². The number of carbonyl (C=O) groups is 1. The lowest BCUT2D eigenvalue weighted by Gasteiger charge is -2.13. The van der Waals surface area contributed by atoms with E-state index in [4.69, 9.17) is 0 Å². The van der Waals surface area contributed by atoms with Gasteiger partial charge in [0, 0.05) is 6.04 Å². The van der Waals surface area contributed by atoms with E-state index in [1.54, 1.807) is 0 Å². The molecule has 1 aliphatic carbocycles. The van der Waals surface area contributed by atoms with Crippen LogP contribution >= 0.6 is 0 Å². The van der Waals surface area contributed by atoms with Gasteiger partial charge in [0.15, 0.2) is 0 Å². The van der Waals surface area contributed by atoms with E-state index in [0.717, 1.165) is 19.4 Å². The first-order valence-corrected chi connectivity index (χ1v) is 9.27. The lowest BCUT2D eigenvalue weighted by atomic mass is 10.1. The molecule has 1 saturated carbocycles. The number of rotatable bonds is 14. The largest absolute Gasteiger partial charge is 0.352 e. The Bertz CT molecular complexity index is 264. The Kier molecular flexibility index (Phi) is 10.6. The van der Waals surface area contributed by atoms with Crippen molar-refractivity contribution in [2.24, 2.45) is 0 Å². The topological polar surface area (TPSA) is 41.1 Å². The van der Waals surface area contributed by atoms with Crippen LogP contribution in [0, 0.1) is 0 Å². The zero-order valence-electron chi connectivity index (χ0n) is 14.3. The van der Waals surface area contributed by atoms with Gasteiger partial charge in [-0.1, -0.05) is 64.7 Å². The summed E-state index contributed by atoms with van der Waals surface area (Å²) in [5.41, 5.74) is 0. The second kappa shape index (κ2) is 12.0. The van der Waals surface area contributed by atoms with Crippen LogP contribution in [0.25, 0.3) is 0 Å². The Morgan fingerprint density at radius 2 is 1.48 bits per heavy atom. The minimum Gasteiger partial charge on any atom is -0.352 e. The van der Waals surface area contributed by atoms with E-state index in [2.05, 4.69) is 17.6 Å². The van der Waals surface area contributed by atoms with E-state index in [-0.39, 0.29) is 11.9 Å². The summed E-state index contributed by atoms with van der Waals surface area (Å²) in [5, 5.41) is 6.37. The average Bonchev–Trinajstić information content (AvgIpc) is 3.28. The second-order valence-corrected chi connectivity index (χ2v) is 6.64. The van der Waals surface area contributed by atoms with Crippen LogP contribution in [0.1, 0.15) is 90.9 Å². The molecule has 0 spiro atoms. The predicted octanol–water partition coefficient (Wildman–Crippen LogP) is 4.16. The molecule has 0 bridgehead atoms. The fourth-order valence-electron chi connectivity index (χ4n) is 2.58. The number of hydrogen-bond acceptors (Lipinski definition) is 2. The molecule has 0 saturated heterocycles. The molecule has 124 valence electrons. The minimum atomic E-state index is -0.0378. The Hall–Kier alpha value is -0.570. The molecular weight excluding hydrogens is 260 g/mol. The van der Waals surface area contributed by atoms with E-state index >= 15 is 0 Å².